The number of rotatable bonds is 6. The van der Waals surface area contributed by atoms with Gasteiger partial charge in [-0.3, -0.25) is 9.78 Å². The Balaban J connectivity index is 1.61. The fraction of sp³-hybridized carbons (Fsp3) is 0.111. The van der Waals surface area contributed by atoms with Crippen LogP contribution >= 0.6 is 0 Å². The van der Waals surface area contributed by atoms with Crippen molar-refractivity contribution < 1.29 is 22.0 Å². The van der Waals surface area contributed by atoms with Gasteiger partial charge in [0.2, 0.25) is 15.9 Å². The number of aromatic nitrogens is 1. The maximum absolute atomic E-state index is 13.2. The molecule has 0 saturated heterocycles. The van der Waals surface area contributed by atoms with E-state index in [9.17, 15) is 22.0 Å². The van der Waals surface area contributed by atoms with Crippen molar-refractivity contribution in [3.05, 3.63) is 66.4 Å². The number of carbonyl (C=O) groups is 1. The second-order valence-electron chi connectivity index (χ2n) is 5.65. The molecule has 1 amide bonds. The SMILES string of the molecule is O=C(CCNS(=O)(=O)c1ccc(F)c(F)c1)Nc1cccc2ncccc12. The lowest BCUT2D eigenvalue weighted by Gasteiger charge is -2.09. The molecule has 0 aliphatic rings. The predicted molar refractivity (Wildman–Crippen MR) is 96.5 cm³/mol. The second-order valence-corrected chi connectivity index (χ2v) is 7.41. The predicted octanol–water partition coefficient (Wildman–Crippen LogP) is 2.82. The van der Waals surface area contributed by atoms with E-state index in [-0.39, 0.29) is 13.0 Å². The van der Waals surface area contributed by atoms with Gasteiger partial charge in [-0.05, 0) is 42.5 Å². The number of sulfonamides is 1. The summed E-state index contributed by atoms with van der Waals surface area (Å²) in [6.07, 6.45) is 1.50. The molecule has 0 radical (unpaired) electrons. The molecule has 6 nitrogen and oxygen atoms in total. The third-order valence-electron chi connectivity index (χ3n) is 3.77. The van der Waals surface area contributed by atoms with Crippen molar-refractivity contribution in [2.24, 2.45) is 0 Å². The first-order valence-corrected chi connectivity index (χ1v) is 9.43. The van der Waals surface area contributed by atoms with Crippen LogP contribution in [0.25, 0.3) is 10.9 Å². The van der Waals surface area contributed by atoms with Crippen LogP contribution in [0.15, 0.2) is 59.6 Å². The minimum absolute atomic E-state index is 0.139. The molecule has 0 atom stereocenters. The molecule has 1 aromatic heterocycles. The van der Waals surface area contributed by atoms with E-state index >= 15 is 0 Å². The minimum atomic E-state index is -4.05. The minimum Gasteiger partial charge on any atom is -0.325 e. The molecular formula is C18H15F2N3O3S. The van der Waals surface area contributed by atoms with Crippen molar-refractivity contribution in [1.29, 1.82) is 0 Å². The van der Waals surface area contributed by atoms with E-state index in [1.807, 2.05) is 6.07 Å². The zero-order valence-corrected chi connectivity index (χ0v) is 14.8. The molecule has 3 aromatic rings. The molecule has 2 aromatic carbocycles. The summed E-state index contributed by atoms with van der Waals surface area (Å²) in [6.45, 7) is -0.198. The summed E-state index contributed by atoms with van der Waals surface area (Å²) in [7, 11) is -4.05. The monoisotopic (exact) mass is 391 g/mol. The smallest absolute Gasteiger partial charge is 0.240 e. The van der Waals surface area contributed by atoms with Crippen molar-refractivity contribution in [2.45, 2.75) is 11.3 Å². The fourth-order valence-electron chi connectivity index (χ4n) is 2.45. The molecule has 3 rings (SSSR count). The Labute approximate surface area is 154 Å². The lowest BCUT2D eigenvalue weighted by Crippen LogP contribution is -2.28. The van der Waals surface area contributed by atoms with Crippen LogP contribution in [0.5, 0.6) is 0 Å². The van der Waals surface area contributed by atoms with Gasteiger partial charge in [0.15, 0.2) is 11.6 Å². The Morgan fingerprint density at radius 1 is 1.04 bits per heavy atom. The van der Waals surface area contributed by atoms with Gasteiger partial charge in [0.1, 0.15) is 0 Å². The molecule has 0 fully saturated rings. The Hall–Kier alpha value is -2.91. The lowest BCUT2D eigenvalue weighted by molar-refractivity contribution is -0.116. The first kappa shape index (κ1) is 18.9. The maximum atomic E-state index is 13.2. The summed E-state index contributed by atoms with van der Waals surface area (Å²) in [5.74, 6) is -2.81. The average molecular weight is 391 g/mol. The Bertz CT molecular complexity index is 1100. The number of benzene rings is 2. The zero-order valence-electron chi connectivity index (χ0n) is 13.9. The van der Waals surface area contributed by atoms with Crippen molar-refractivity contribution in [1.82, 2.24) is 9.71 Å². The van der Waals surface area contributed by atoms with Gasteiger partial charge < -0.3 is 5.32 Å². The highest BCUT2D eigenvalue weighted by atomic mass is 32.2. The summed E-state index contributed by atoms with van der Waals surface area (Å²) < 4.78 is 52.4. The highest BCUT2D eigenvalue weighted by Crippen LogP contribution is 2.21. The summed E-state index contributed by atoms with van der Waals surface area (Å²) in [6, 6.07) is 11.1. The topological polar surface area (TPSA) is 88.2 Å². The molecule has 140 valence electrons. The number of fused-ring (bicyclic) bond motifs is 1. The summed E-state index contributed by atoms with van der Waals surface area (Å²) in [4.78, 5) is 15.9. The summed E-state index contributed by atoms with van der Waals surface area (Å²) in [5, 5.41) is 3.46. The molecule has 0 spiro atoms. The number of pyridine rings is 1. The molecular weight excluding hydrogens is 376 g/mol. The molecule has 1 heterocycles. The number of nitrogens with zero attached hydrogens (tertiary/aromatic N) is 1. The van der Waals surface area contributed by atoms with E-state index in [2.05, 4.69) is 15.0 Å². The van der Waals surface area contributed by atoms with Crippen molar-refractivity contribution in [2.75, 3.05) is 11.9 Å². The fourth-order valence-corrected chi connectivity index (χ4v) is 3.49. The van der Waals surface area contributed by atoms with Crippen molar-refractivity contribution in [3.63, 3.8) is 0 Å². The maximum Gasteiger partial charge on any atom is 0.240 e. The first-order chi connectivity index (χ1) is 12.9. The lowest BCUT2D eigenvalue weighted by atomic mass is 10.2. The van der Waals surface area contributed by atoms with Crippen LogP contribution in [-0.4, -0.2) is 25.9 Å². The van der Waals surface area contributed by atoms with Gasteiger partial charge in [0.25, 0.3) is 0 Å². The van der Waals surface area contributed by atoms with E-state index in [1.54, 1.807) is 30.5 Å². The van der Waals surface area contributed by atoms with Crippen LogP contribution in [-0.2, 0) is 14.8 Å². The number of halogens is 2. The van der Waals surface area contributed by atoms with Crippen LogP contribution in [0.4, 0.5) is 14.5 Å². The van der Waals surface area contributed by atoms with Crippen molar-refractivity contribution in [3.8, 4) is 0 Å². The van der Waals surface area contributed by atoms with E-state index in [4.69, 9.17) is 0 Å². The van der Waals surface area contributed by atoms with Gasteiger partial charge in [0, 0.05) is 24.5 Å². The largest absolute Gasteiger partial charge is 0.325 e. The molecule has 0 aliphatic heterocycles. The average Bonchev–Trinajstić information content (AvgIpc) is 2.64. The highest BCUT2D eigenvalue weighted by Gasteiger charge is 2.16. The van der Waals surface area contributed by atoms with Gasteiger partial charge in [-0.15, -0.1) is 0 Å². The Kier molecular flexibility index (Phi) is 5.43. The normalized spacial score (nSPS) is 11.5. The summed E-state index contributed by atoms with van der Waals surface area (Å²) in [5.41, 5.74) is 1.28. The zero-order chi connectivity index (χ0) is 19.4. The van der Waals surface area contributed by atoms with Crippen molar-refractivity contribution >= 4 is 32.5 Å². The molecule has 0 saturated carbocycles. The van der Waals surface area contributed by atoms with E-state index in [0.717, 1.165) is 17.5 Å². The van der Waals surface area contributed by atoms with Gasteiger partial charge >= 0.3 is 0 Å². The van der Waals surface area contributed by atoms with Gasteiger partial charge in [-0.1, -0.05) is 6.07 Å². The number of carbonyl (C=O) groups excluding carboxylic acids is 1. The highest BCUT2D eigenvalue weighted by molar-refractivity contribution is 7.89. The van der Waals surface area contributed by atoms with Gasteiger partial charge in [0.05, 0.1) is 16.1 Å². The van der Waals surface area contributed by atoms with E-state index in [0.29, 0.717) is 17.3 Å². The Morgan fingerprint density at radius 3 is 2.63 bits per heavy atom. The van der Waals surface area contributed by atoms with Crippen LogP contribution in [0, 0.1) is 11.6 Å². The van der Waals surface area contributed by atoms with Crippen LogP contribution in [0.3, 0.4) is 0 Å². The summed E-state index contributed by atoms with van der Waals surface area (Å²) >= 11 is 0. The van der Waals surface area contributed by atoms with Gasteiger partial charge in [-0.25, -0.2) is 21.9 Å². The number of amides is 1. The third kappa shape index (κ3) is 4.44. The van der Waals surface area contributed by atoms with Gasteiger partial charge in [-0.2, -0.15) is 0 Å². The third-order valence-corrected chi connectivity index (χ3v) is 5.22. The molecule has 0 bridgehead atoms. The number of anilines is 1. The first-order valence-electron chi connectivity index (χ1n) is 7.95. The molecule has 2 N–H and O–H groups in total. The molecule has 0 unspecified atom stereocenters. The molecule has 27 heavy (non-hydrogen) atoms. The Morgan fingerprint density at radius 2 is 1.85 bits per heavy atom. The quantitative estimate of drug-likeness (QED) is 0.676. The molecule has 9 heteroatoms. The second kappa shape index (κ2) is 7.77. The standard InChI is InChI=1S/C18H15F2N3O3S/c19-14-7-6-12(11-15(14)20)27(25,26)22-10-8-18(24)23-17-5-1-4-16-13(17)3-2-9-21-16/h1-7,9,11,22H,8,10H2,(H,23,24). The van der Waals surface area contributed by atoms with E-state index in [1.165, 1.54) is 0 Å². The van der Waals surface area contributed by atoms with E-state index < -0.39 is 32.5 Å². The van der Waals surface area contributed by atoms with Crippen LogP contribution in [0.1, 0.15) is 6.42 Å². The number of nitrogens with one attached hydrogen (secondary N) is 2. The molecule has 0 aliphatic carbocycles. The van der Waals surface area contributed by atoms with Crippen LogP contribution in [0.2, 0.25) is 0 Å². The van der Waals surface area contributed by atoms with Crippen LogP contribution < -0.4 is 10.0 Å². The number of hydrogen-bond acceptors (Lipinski definition) is 4. The number of hydrogen-bond donors (Lipinski definition) is 2.